The van der Waals surface area contributed by atoms with Crippen LogP contribution in [0.2, 0.25) is 0 Å². The van der Waals surface area contributed by atoms with E-state index in [2.05, 4.69) is 5.10 Å². The number of carbonyl (C=O) groups is 1. The minimum Gasteiger partial charge on any atom is -0.344 e. The van der Waals surface area contributed by atoms with E-state index in [9.17, 15) is 4.79 Å². The number of hydrogen-bond acceptors (Lipinski definition) is 3. The molecule has 1 heterocycles. The Morgan fingerprint density at radius 1 is 1.56 bits per heavy atom. The number of aromatic nitrogens is 2. The lowest BCUT2D eigenvalue weighted by molar-refractivity contribution is -0.135. The van der Waals surface area contributed by atoms with Crippen molar-refractivity contribution in [2.24, 2.45) is 11.7 Å². The summed E-state index contributed by atoms with van der Waals surface area (Å²) in [5.41, 5.74) is 5.93. The third-order valence-electron chi connectivity index (χ3n) is 3.66. The van der Waals surface area contributed by atoms with E-state index in [4.69, 9.17) is 5.73 Å². The zero-order valence-corrected chi connectivity index (χ0v) is 11.0. The minimum absolute atomic E-state index is 0.122. The van der Waals surface area contributed by atoms with Gasteiger partial charge in [-0.2, -0.15) is 5.10 Å². The molecule has 1 fully saturated rings. The van der Waals surface area contributed by atoms with E-state index >= 15 is 0 Å². The maximum absolute atomic E-state index is 12.2. The summed E-state index contributed by atoms with van der Waals surface area (Å²) < 4.78 is 1.84. The summed E-state index contributed by atoms with van der Waals surface area (Å²) in [5, 5.41) is 4.13. The number of hydrogen-bond donors (Lipinski definition) is 1. The maximum atomic E-state index is 12.2. The van der Waals surface area contributed by atoms with Crippen LogP contribution in [-0.2, 0) is 11.3 Å². The third kappa shape index (κ3) is 3.32. The normalized spacial score (nSPS) is 23.9. The van der Waals surface area contributed by atoms with Gasteiger partial charge in [0.05, 0.1) is 6.54 Å². The quantitative estimate of drug-likeness (QED) is 0.862. The molecular formula is C13H22N4O. The van der Waals surface area contributed by atoms with Crippen molar-refractivity contribution in [2.75, 3.05) is 13.6 Å². The van der Waals surface area contributed by atoms with Crippen molar-refractivity contribution in [3.8, 4) is 0 Å². The molecule has 1 aromatic rings. The van der Waals surface area contributed by atoms with Crippen LogP contribution in [0, 0.1) is 5.92 Å². The zero-order valence-electron chi connectivity index (χ0n) is 11.0. The van der Waals surface area contributed by atoms with Crippen LogP contribution in [0.4, 0.5) is 0 Å². The molecule has 2 unspecified atom stereocenters. The number of rotatable bonds is 4. The first-order chi connectivity index (χ1) is 8.66. The molecule has 1 aliphatic carbocycles. The van der Waals surface area contributed by atoms with E-state index in [0.717, 1.165) is 32.2 Å². The molecule has 0 radical (unpaired) electrons. The van der Waals surface area contributed by atoms with Gasteiger partial charge in [0, 0.05) is 37.9 Å². The summed E-state index contributed by atoms with van der Waals surface area (Å²) in [6, 6.07) is 2.09. The molecule has 1 amide bonds. The van der Waals surface area contributed by atoms with Gasteiger partial charge in [-0.05, 0) is 25.3 Å². The fourth-order valence-electron chi connectivity index (χ4n) is 2.56. The summed E-state index contributed by atoms with van der Waals surface area (Å²) in [6.45, 7) is 1.44. The van der Waals surface area contributed by atoms with Gasteiger partial charge in [-0.1, -0.05) is 6.42 Å². The van der Waals surface area contributed by atoms with Crippen molar-refractivity contribution < 1.29 is 4.79 Å². The zero-order chi connectivity index (χ0) is 13.0. The molecule has 0 saturated heterocycles. The number of nitrogens with two attached hydrogens (primary N) is 1. The summed E-state index contributed by atoms with van der Waals surface area (Å²) in [5.74, 6) is 0.355. The van der Waals surface area contributed by atoms with E-state index in [1.165, 1.54) is 0 Å². The highest BCUT2D eigenvalue weighted by Crippen LogP contribution is 2.24. The number of nitrogens with zero attached hydrogens (tertiary/aromatic N) is 3. The smallest absolute Gasteiger partial charge is 0.225 e. The summed E-state index contributed by atoms with van der Waals surface area (Å²) in [6.07, 6.45) is 7.62. The van der Waals surface area contributed by atoms with Crippen molar-refractivity contribution in [2.45, 2.75) is 38.3 Å². The van der Waals surface area contributed by atoms with Gasteiger partial charge < -0.3 is 10.6 Å². The van der Waals surface area contributed by atoms with E-state index < -0.39 is 0 Å². The topological polar surface area (TPSA) is 64.2 Å². The van der Waals surface area contributed by atoms with Gasteiger partial charge in [-0.15, -0.1) is 0 Å². The monoisotopic (exact) mass is 250 g/mol. The Morgan fingerprint density at radius 2 is 2.39 bits per heavy atom. The number of amides is 1. The molecule has 0 aromatic carbocycles. The Hall–Kier alpha value is -1.36. The van der Waals surface area contributed by atoms with Crippen molar-refractivity contribution in [3.05, 3.63) is 18.5 Å². The molecule has 2 rings (SSSR count). The SMILES string of the molecule is CN(CCn1cccn1)C(=O)C1CCCC(N)C1. The highest BCUT2D eigenvalue weighted by Gasteiger charge is 2.27. The Morgan fingerprint density at radius 3 is 3.06 bits per heavy atom. The van der Waals surface area contributed by atoms with Gasteiger partial charge in [-0.25, -0.2) is 0 Å². The van der Waals surface area contributed by atoms with Crippen LogP contribution < -0.4 is 5.73 Å². The van der Waals surface area contributed by atoms with Crippen LogP contribution in [0.15, 0.2) is 18.5 Å². The predicted molar refractivity (Wildman–Crippen MR) is 69.8 cm³/mol. The molecule has 0 spiro atoms. The minimum atomic E-state index is 0.122. The lowest BCUT2D eigenvalue weighted by Gasteiger charge is -2.29. The molecule has 5 nitrogen and oxygen atoms in total. The van der Waals surface area contributed by atoms with E-state index in [1.54, 1.807) is 6.20 Å². The average Bonchev–Trinajstić information content (AvgIpc) is 2.88. The van der Waals surface area contributed by atoms with Crippen LogP contribution in [-0.4, -0.2) is 40.2 Å². The predicted octanol–water partition coefficient (Wildman–Crippen LogP) is 0.859. The molecule has 100 valence electrons. The van der Waals surface area contributed by atoms with Gasteiger partial charge in [0.25, 0.3) is 0 Å². The van der Waals surface area contributed by atoms with E-state index in [1.807, 2.05) is 28.9 Å². The Bertz CT molecular complexity index is 376. The molecular weight excluding hydrogens is 228 g/mol. The molecule has 0 bridgehead atoms. The molecule has 5 heteroatoms. The Labute approximate surface area is 108 Å². The fourth-order valence-corrected chi connectivity index (χ4v) is 2.56. The van der Waals surface area contributed by atoms with E-state index in [0.29, 0.717) is 6.54 Å². The molecule has 1 saturated carbocycles. The number of carbonyl (C=O) groups excluding carboxylic acids is 1. The molecule has 1 aliphatic rings. The van der Waals surface area contributed by atoms with Crippen LogP contribution in [0.3, 0.4) is 0 Å². The second kappa shape index (κ2) is 6.00. The largest absolute Gasteiger partial charge is 0.344 e. The molecule has 2 N–H and O–H groups in total. The van der Waals surface area contributed by atoms with Crippen molar-refractivity contribution in [1.29, 1.82) is 0 Å². The summed E-state index contributed by atoms with van der Waals surface area (Å²) in [7, 11) is 1.87. The highest BCUT2D eigenvalue weighted by atomic mass is 16.2. The molecule has 0 aliphatic heterocycles. The second-order valence-corrected chi connectivity index (χ2v) is 5.15. The van der Waals surface area contributed by atoms with Gasteiger partial charge in [0.15, 0.2) is 0 Å². The van der Waals surface area contributed by atoms with Gasteiger partial charge >= 0.3 is 0 Å². The van der Waals surface area contributed by atoms with E-state index in [-0.39, 0.29) is 17.9 Å². The van der Waals surface area contributed by atoms with Crippen LogP contribution in [0.1, 0.15) is 25.7 Å². The van der Waals surface area contributed by atoms with Crippen LogP contribution in [0.25, 0.3) is 0 Å². The summed E-state index contributed by atoms with van der Waals surface area (Å²) >= 11 is 0. The molecule has 2 atom stereocenters. The van der Waals surface area contributed by atoms with Gasteiger partial charge in [-0.3, -0.25) is 9.48 Å². The van der Waals surface area contributed by atoms with Crippen molar-refractivity contribution in [3.63, 3.8) is 0 Å². The number of likely N-dealkylation sites (N-methyl/N-ethyl adjacent to an activating group) is 1. The highest BCUT2D eigenvalue weighted by molar-refractivity contribution is 5.78. The standard InChI is InChI=1S/C13H22N4O/c1-16(8-9-17-7-3-6-15-17)13(18)11-4-2-5-12(14)10-11/h3,6-7,11-12H,2,4-5,8-10,14H2,1H3. The average molecular weight is 250 g/mol. The lowest BCUT2D eigenvalue weighted by Crippen LogP contribution is -2.40. The Balaban J connectivity index is 1.80. The summed E-state index contributed by atoms with van der Waals surface area (Å²) in [4.78, 5) is 14.1. The first kappa shape index (κ1) is 13.1. The second-order valence-electron chi connectivity index (χ2n) is 5.15. The molecule has 1 aromatic heterocycles. The van der Waals surface area contributed by atoms with Crippen LogP contribution >= 0.6 is 0 Å². The first-order valence-electron chi connectivity index (χ1n) is 6.65. The fraction of sp³-hybridized carbons (Fsp3) is 0.692. The maximum Gasteiger partial charge on any atom is 0.225 e. The lowest BCUT2D eigenvalue weighted by atomic mass is 9.85. The molecule has 18 heavy (non-hydrogen) atoms. The third-order valence-corrected chi connectivity index (χ3v) is 3.66. The van der Waals surface area contributed by atoms with Crippen molar-refractivity contribution >= 4 is 5.91 Å². The van der Waals surface area contributed by atoms with Crippen molar-refractivity contribution in [1.82, 2.24) is 14.7 Å². The van der Waals surface area contributed by atoms with Gasteiger partial charge in [0.2, 0.25) is 5.91 Å². The first-order valence-corrected chi connectivity index (χ1v) is 6.65. The Kier molecular flexibility index (Phi) is 4.36. The van der Waals surface area contributed by atoms with Crippen LogP contribution in [0.5, 0.6) is 0 Å². The van der Waals surface area contributed by atoms with Gasteiger partial charge in [0.1, 0.15) is 0 Å².